The average Bonchev–Trinajstić information content (AvgIpc) is 2.35. The van der Waals surface area contributed by atoms with Crippen molar-refractivity contribution in [1.29, 1.82) is 0 Å². The highest BCUT2D eigenvalue weighted by Gasteiger charge is 2.20. The van der Waals surface area contributed by atoms with Gasteiger partial charge in [-0.05, 0) is 17.7 Å². The number of aliphatic hydroxyl groups excluding tert-OH is 2. The maximum Gasteiger partial charge on any atom is 0.269 e. The van der Waals surface area contributed by atoms with Crippen molar-refractivity contribution >= 4 is 12.1 Å². The molecule has 1 aromatic rings. The fourth-order valence-electron chi connectivity index (χ4n) is 1.36. The van der Waals surface area contributed by atoms with Gasteiger partial charge in [-0.25, -0.2) is 0 Å². The molecule has 0 saturated heterocycles. The lowest BCUT2D eigenvalue weighted by molar-refractivity contribution is -0.384. The average molecular weight is 240 g/mol. The number of carbonyl (C=O) groups excluding carboxylic acids is 1. The summed E-state index contributed by atoms with van der Waals surface area (Å²) in [5, 5.41) is 31.4. The van der Waals surface area contributed by atoms with Crippen LogP contribution in [0.25, 0.3) is 0 Å². The summed E-state index contributed by atoms with van der Waals surface area (Å²) in [6, 6.07) is 4.39. The number of nitrogens with zero attached hydrogens (tertiary/aromatic N) is 1. The van der Waals surface area contributed by atoms with Gasteiger partial charge in [0.05, 0.1) is 17.6 Å². The molecule has 3 N–H and O–H groups in total. The van der Waals surface area contributed by atoms with E-state index in [0.717, 1.165) is 0 Å². The number of benzene rings is 1. The van der Waals surface area contributed by atoms with Crippen LogP contribution in [0.15, 0.2) is 24.3 Å². The molecule has 0 saturated carbocycles. The Hall–Kier alpha value is -1.99. The SMILES string of the molecule is O=CN[C@H](CO)[C@H](O)c1ccc([N+](=O)[O-])cc1. The molecule has 17 heavy (non-hydrogen) atoms. The number of non-ortho nitro benzene ring substituents is 1. The number of rotatable bonds is 6. The lowest BCUT2D eigenvalue weighted by Crippen LogP contribution is -2.37. The number of hydrogen-bond acceptors (Lipinski definition) is 5. The number of hydrogen-bond donors (Lipinski definition) is 3. The molecule has 0 fully saturated rings. The second kappa shape index (κ2) is 5.92. The van der Waals surface area contributed by atoms with Gasteiger partial charge >= 0.3 is 0 Å². The minimum atomic E-state index is -1.12. The van der Waals surface area contributed by atoms with Crippen molar-refractivity contribution in [3.05, 3.63) is 39.9 Å². The Bertz CT molecular complexity index is 392. The Kier molecular flexibility index (Phi) is 4.56. The first-order chi connectivity index (χ1) is 8.10. The van der Waals surface area contributed by atoms with Crippen LogP contribution in [0, 0.1) is 10.1 Å². The Morgan fingerprint density at radius 1 is 1.41 bits per heavy atom. The predicted octanol–water partition coefficient (Wildman–Crippen LogP) is -0.265. The highest BCUT2D eigenvalue weighted by molar-refractivity contribution is 5.47. The Morgan fingerprint density at radius 2 is 2.00 bits per heavy atom. The molecule has 1 amide bonds. The zero-order valence-electron chi connectivity index (χ0n) is 8.81. The summed E-state index contributed by atoms with van der Waals surface area (Å²) in [5.74, 6) is 0. The normalized spacial score (nSPS) is 13.8. The van der Waals surface area contributed by atoms with Crippen LogP contribution in [-0.4, -0.2) is 34.2 Å². The number of carbonyl (C=O) groups is 1. The molecule has 0 aliphatic rings. The van der Waals surface area contributed by atoms with E-state index in [4.69, 9.17) is 5.11 Å². The molecule has 0 aromatic heterocycles. The number of amides is 1. The van der Waals surface area contributed by atoms with E-state index in [1.807, 2.05) is 0 Å². The standard InChI is InChI=1S/C10H12N2O5/c13-5-9(11-6-14)10(15)7-1-3-8(4-2-7)12(16)17/h1-4,6,9-10,13,15H,5H2,(H,11,14)/t9-,10-/m1/s1. The second-order valence-electron chi connectivity index (χ2n) is 3.37. The Labute approximate surface area is 96.8 Å². The molecular weight excluding hydrogens is 228 g/mol. The van der Waals surface area contributed by atoms with Gasteiger partial charge in [-0.15, -0.1) is 0 Å². The molecule has 0 heterocycles. The van der Waals surface area contributed by atoms with Crippen LogP contribution in [0.3, 0.4) is 0 Å². The third-order valence-electron chi connectivity index (χ3n) is 2.31. The first-order valence-electron chi connectivity index (χ1n) is 4.83. The van der Waals surface area contributed by atoms with Crippen molar-refractivity contribution in [3.63, 3.8) is 0 Å². The highest BCUT2D eigenvalue weighted by Crippen LogP contribution is 2.20. The van der Waals surface area contributed by atoms with Crippen molar-refractivity contribution < 1.29 is 19.9 Å². The van der Waals surface area contributed by atoms with Crippen molar-refractivity contribution in [2.24, 2.45) is 0 Å². The molecule has 7 heteroatoms. The number of nitro benzene ring substituents is 1. The van der Waals surface area contributed by atoms with Gasteiger partial charge in [-0.3, -0.25) is 14.9 Å². The zero-order chi connectivity index (χ0) is 12.8. The predicted molar refractivity (Wildman–Crippen MR) is 58.1 cm³/mol. The van der Waals surface area contributed by atoms with Gasteiger partial charge in [0, 0.05) is 12.1 Å². The molecule has 1 aromatic carbocycles. The van der Waals surface area contributed by atoms with Crippen LogP contribution in [0.1, 0.15) is 11.7 Å². The second-order valence-corrected chi connectivity index (χ2v) is 3.37. The molecule has 0 radical (unpaired) electrons. The largest absolute Gasteiger partial charge is 0.394 e. The molecule has 0 aliphatic heterocycles. The van der Waals surface area contributed by atoms with Crippen LogP contribution in [-0.2, 0) is 4.79 Å². The first-order valence-corrected chi connectivity index (χ1v) is 4.83. The van der Waals surface area contributed by atoms with Gasteiger partial charge in [0.15, 0.2) is 0 Å². The Morgan fingerprint density at radius 3 is 2.41 bits per heavy atom. The first kappa shape index (κ1) is 13.1. The smallest absolute Gasteiger partial charge is 0.269 e. The molecule has 1 rings (SSSR count). The third-order valence-corrected chi connectivity index (χ3v) is 2.31. The van der Waals surface area contributed by atoms with E-state index in [1.165, 1.54) is 24.3 Å². The molecule has 7 nitrogen and oxygen atoms in total. The lowest BCUT2D eigenvalue weighted by atomic mass is 10.0. The fourth-order valence-corrected chi connectivity index (χ4v) is 1.36. The van der Waals surface area contributed by atoms with E-state index in [2.05, 4.69) is 5.32 Å². The van der Waals surface area contributed by atoms with Crippen molar-refractivity contribution in [2.75, 3.05) is 6.61 Å². The molecular formula is C10H12N2O5. The maximum absolute atomic E-state index is 10.4. The zero-order valence-corrected chi connectivity index (χ0v) is 8.81. The maximum atomic E-state index is 10.4. The molecule has 0 unspecified atom stereocenters. The number of nitro groups is 1. The molecule has 0 bridgehead atoms. The van der Waals surface area contributed by atoms with Crippen LogP contribution in [0.4, 0.5) is 5.69 Å². The van der Waals surface area contributed by atoms with Gasteiger partial charge in [-0.1, -0.05) is 0 Å². The minimum absolute atomic E-state index is 0.0927. The summed E-state index contributed by atoms with van der Waals surface area (Å²) in [6.45, 7) is -0.434. The summed E-state index contributed by atoms with van der Waals surface area (Å²) in [7, 11) is 0. The summed E-state index contributed by atoms with van der Waals surface area (Å²) >= 11 is 0. The van der Waals surface area contributed by atoms with Crippen LogP contribution in [0.5, 0.6) is 0 Å². The quantitative estimate of drug-likeness (QED) is 0.360. The molecule has 92 valence electrons. The molecule has 2 atom stereocenters. The fraction of sp³-hybridized carbons (Fsp3) is 0.300. The lowest BCUT2D eigenvalue weighted by Gasteiger charge is -2.20. The minimum Gasteiger partial charge on any atom is -0.394 e. The van der Waals surface area contributed by atoms with Crippen LogP contribution < -0.4 is 5.32 Å². The van der Waals surface area contributed by atoms with Crippen molar-refractivity contribution in [3.8, 4) is 0 Å². The van der Waals surface area contributed by atoms with Gasteiger partial charge < -0.3 is 15.5 Å². The van der Waals surface area contributed by atoms with Crippen molar-refractivity contribution in [2.45, 2.75) is 12.1 Å². The van der Waals surface area contributed by atoms with E-state index in [-0.39, 0.29) is 5.69 Å². The van der Waals surface area contributed by atoms with E-state index in [1.54, 1.807) is 0 Å². The Balaban J connectivity index is 2.84. The molecule has 0 aliphatic carbocycles. The summed E-state index contributed by atoms with van der Waals surface area (Å²) in [5.41, 5.74) is 0.286. The molecule has 0 spiro atoms. The third kappa shape index (κ3) is 3.23. The summed E-state index contributed by atoms with van der Waals surface area (Å²) in [4.78, 5) is 20.1. The van der Waals surface area contributed by atoms with E-state index in [9.17, 15) is 20.0 Å². The number of nitrogens with one attached hydrogen (secondary N) is 1. The van der Waals surface area contributed by atoms with Crippen LogP contribution >= 0.6 is 0 Å². The van der Waals surface area contributed by atoms with Gasteiger partial charge in [0.2, 0.25) is 6.41 Å². The summed E-state index contributed by atoms with van der Waals surface area (Å²) in [6.07, 6.45) is -0.749. The summed E-state index contributed by atoms with van der Waals surface area (Å²) < 4.78 is 0. The topological polar surface area (TPSA) is 113 Å². The van der Waals surface area contributed by atoms with Gasteiger partial charge in [0.25, 0.3) is 5.69 Å². The number of aliphatic hydroxyl groups is 2. The van der Waals surface area contributed by atoms with E-state index < -0.39 is 23.7 Å². The van der Waals surface area contributed by atoms with E-state index >= 15 is 0 Å². The van der Waals surface area contributed by atoms with Gasteiger partial charge in [-0.2, -0.15) is 0 Å². The van der Waals surface area contributed by atoms with E-state index in [0.29, 0.717) is 12.0 Å². The van der Waals surface area contributed by atoms with Crippen molar-refractivity contribution in [1.82, 2.24) is 5.32 Å². The highest BCUT2D eigenvalue weighted by atomic mass is 16.6. The monoisotopic (exact) mass is 240 g/mol. The van der Waals surface area contributed by atoms with Gasteiger partial charge in [0.1, 0.15) is 6.10 Å². The van der Waals surface area contributed by atoms with Crippen LogP contribution in [0.2, 0.25) is 0 Å².